The first kappa shape index (κ1) is 18.0. The highest BCUT2D eigenvalue weighted by Crippen LogP contribution is 2.34. The highest BCUT2D eigenvalue weighted by molar-refractivity contribution is 5.96. The van der Waals surface area contributed by atoms with Crippen LogP contribution in [0.15, 0.2) is 84.9 Å². The average Bonchev–Trinajstić information content (AvgIpc) is 3.11. The lowest BCUT2D eigenvalue weighted by Crippen LogP contribution is -2.01. The number of benzene rings is 3. The van der Waals surface area contributed by atoms with Crippen molar-refractivity contribution in [3.8, 4) is 11.4 Å². The fraction of sp³-hybridized carbons (Fsp3) is 0.103. The van der Waals surface area contributed by atoms with E-state index in [1.54, 1.807) is 0 Å². The van der Waals surface area contributed by atoms with Gasteiger partial charge in [0.25, 0.3) is 0 Å². The lowest BCUT2D eigenvalue weighted by Gasteiger charge is -2.14. The largest absolute Gasteiger partial charge is 0.314 e. The van der Waals surface area contributed by atoms with Crippen LogP contribution in [-0.4, -0.2) is 9.13 Å². The van der Waals surface area contributed by atoms with Gasteiger partial charge >= 0.3 is 0 Å². The van der Waals surface area contributed by atoms with Gasteiger partial charge < -0.3 is 9.13 Å². The van der Waals surface area contributed by atoms with E-state index in [2.05, 4.69) is 120 Å². The summed E-state index contributed by atoms with van der Waals surface area (Å²) in [4.78, 5) is 0. The fourth-order valence-corrected chi connectivity index (χ4v) is 4.98. The molecule has 0 bridgehead atoms. The molecule has 150 valence electrons. The molecule has 0 unspecified atom stereocenters. The number of aryl methyl sites for hydroxylation is 1. The van der Waals surface area contributed by atoms with Gasteiger partial charge in [0.2, 0.25) is 0 Å². The molecule has 0 amide bonds. The Morgan fingerprint density at radius 3 is 2.10 bits per heavy atom. The van der Waals surface area contributed by atoms with Gasteiger partial charge in [-0.3, -0.25) is 0 Å². The van der Waals surface area contributed by atoms with Gasteiger partial charge in [0.05, 0.1) is 16.7 Å². The van der Waals surface area contributed by atoms with Gasteiger partial charge in [-0.15, -0.1) is 0 Å². The molecule has 0 atom stereocenters. The van der Waals surface area contributed by atoms with Gasteiger partial charge in [-0.2, -0.15) is 0 Å². The summed E-state index contributed by atoms with van der Waals surface area (Å²) >= 11 is 0. The normalized spacial score (nSPS) is 13.1. The molecular weight excluding hydrogens is 376 g/mol. The van der Waals surface area contributed by atoms with E-state index in [0.717, 1.165) is 6.42 Å². The third-order valence-electron chi connectivity index (χ3n) is 6.56. The van der Waals surface area contributed by atoms with Gasteiger partial charge in [-0.25, -0.2) is 0 Å². The maximum Gasteiger partial charge on any atom is 0.0541 e. The quantitative estimate of drug-likeness (QED) is 0.288. The minimum absolute atomic E-state index is 0.969. The lowest BCUT2D eigenvalue weighted by molar-refractivity contribution is 1.03. The molecule has 0 radical (unpaired) electrons. The molecule has 2 heteroatoms. The van der Waals surface area contributed by atoms with E-state index in [1.807, 2.05) is 0 Å². The first-order chi connectivity index (χ1) is 15.2. The molecule has 3 aromatic carbocycles. The van der Waals surface area contributed by atoms with Crippen LogP contribution in [0.2, 0.25) is 0 Å². The SMILES string of the molecule is Cc1c(C)n(-c2cccc(-n3c4c(c5ccccc53)C=CCC=C4)c2)c2ccccc12. The summed E-state index contributed by atoms with van der Waals surface area (Å²) in [7, 11) is 0. The number of allylic oxidation sites excluding steroid dienone is 2. The van der Waals surface area contributed by atoms with Crippen molar-refractivity contribution >= 4 is 34.0 Å². The van der Waals surface area contributed by atoms with Crippen molar-refractivity contribution in [1.29, 1.82) is 0 Å². The van der Waals surface area contributed by atoms with Gasteiger partial charge in [-0.05, 0) is 62.2 Å². The van der Waals surface area contributed by atoms with Gasteiger partial charge in [0, 0.05) is 33.4 Å². The van der Waals surface area contributed by atoms with Gasteiger partial charge in [0.1, 0.15) is 0 Å². The summed E-state index contributed by atoms with van der Waals surface area (Å²) in [5, 5.41) is 2.61. The van der Waals surface area contributed by atoms with Crippen LogP contribution in [0.4, 0.5) is 0 Å². The zero-order chi connectivity index (χ0) is 20.9. The molecule has 1 aliphatic rings. The minimum Gasteiger partial charge on any atom is -0.314 e. The van der Waals surface area contributed by atoms with Crippen molar-refractivity contribution in [3.05, 3.63) is 107 Å². The Kier molecular flexibility index (Phi) is 4.00. The lowest BCUT2D eigenvalue weighted by atomic mass is 10.1. The van der Waals surface area contributed by atoms with E-state index >= 15 is 0 Å². The van der Waals surface area contributed by atoms with Crippen LogP contribution >= 0.6 is 0 Å². The summed E-state index contributed by atoms with van der Waals surface area (Å²) in [5.74, 6) is 0. The summed E-state index contributed by atoms with van der Waals surface area (Å²) in [6.45, 7) is 4.43. The second kappa shape index (κ2) is 6.88. The van der Waals surface area contributed by atoms with Crippen molar-refractivity contribution in [1.82, 2.24) is 9.13 Å². The zero-order valence-corrected chi connectivity index (χ0v) is 17.8. The van der Waals surface area contributed by atoms with Crippen molar-refractivity contribution in [2.24, 2.45) is 0 Å². The monoisotopic (exact) mass is 400 g/mol. The predicted octanol–water partition coefficient (Wildman–Crippen LogP) is 7.62. The van der Waals surface area contributed by atoms with Crippen LogP contribution in [-0.2, 0) is 0 Å². The summed E-state index contributed by atoms with van der Waals surface area (Å²) in [5.41, 5.74) is 10.1. The molecule has 2 nitrogen and oxygen atoms in total. The summed E-state index contributed by atoms with van der Waals surface area (Å²) < 4.78 is 4.78. The van der Waals surface area contributed by atoms with Crippen LogP contribution < -0.4 is 0 Å². The first-order valence-corrected chi connectivity index (χ1v) is 10.9. The van der Waals surface area contributed by atoms with Crippen molar-refractivity contribution < 1.29 is 0 Å². The summed E-state index contributed by atoms with van der Waals surface area (Å²) in [6, 6.07) is 26.3. The second-order valence-corrected chi connectivity index (χ2v) is 8.27. The Morgan fingerprint density at radius 1 is 0.645 bits per heavy atom. The molecule has 0 spiro atoms. The minimum atomic E-state index is 0.969. The molecule has 1 aliphatic carbocycles. The van der Waals surface area contributed by atoms with E-state index in [-0.39, 0.29) is 0 Å². The predicted molar refractivity (Wildman–Crippen MR) is 132 cm³/mol. The van der Waals surface area contributed by atoms with Gasteiger partial charge in [0.15, 0.2) is 0 Å². The fourth-order valence-electron chi connectivity index (χ4n) is 4.98. The van der Waals surface area contributed by atoms with Crippen molar-refractivity contribution in [2.45, 2.75) is 20.3 Å². The number of rotatable bonds is 2. The molecular formula is C29H24N2. The smallest absolute Gasteiger partial charge is 0.0541 e. The van der Waals surface area contributed by atoms with E-state index in [9.17, 15) is 0 Å². The molecule has 0 saturated heterocycles. The van der Waals surface area contributed by atoms with E-state index < -0.39 is 0 Å². The molecule has 2 heterocycles. The van der Waals surface area contributed by atoms with E-state index in [1.165, 1.54) is 55.7 Å². The van der Waals surface area contributed by atoms with Gasteiger partial charge in [-0.1, -0.05) is 60.7 Å². The number of para-hydroxylation sites is 2. The van der Waals surface area contributed by atoms with E-state index in [4.69, 9.17) is 0 Å². The van der Waals surface area contributed by atoms with Crippen LogP contribution in [0.3, 0.4) is 0 Å². The average molecular weight is 401 g/mol. The topological polar surface area (TPSA) is 9.86 Å². The first-order valence-electron chi connectivity index (χ1n) is 10.9. The molecule has 0 N–H and O–H groups in total. The van der Waals surface area contributed by atoms with E-state index in [0.29, 0.717) is 0 Å². The van der Waals surface area contributed by atoms with Crippen LogP contribution in [0.5, 0.6) is 0 Å². The highest BCUT2D eigenvalue weighted by Gasteiger charge is 2.17. The Balaban J connectivity index is 1.63. The van der Waals surface area contributed by atoms with Crippen molar-refractivity contribution in [3.63, 3.8) is 0 Å². The number of hydrogen-bond donors (Lipinski definition) is 0. The second-order valence-electron chi connectivity index (χ2n) is 8.27. The molecule has 0 fully saturated rings. The third-order valence-corrected chi connectivity index (χ3v) is 6.56. The molecule has 0 aliphatic heterocycles. The Bertz CT molecular complexity index is 1520. The number of fused-ring (bicyclic) bond motifs is 4. The molecule has 5 aromatic rings. The highest BCUT2D eigenvalue weighted by atomic mass is 15.0. The molecule has 31 heavy (non-hydrogen) atoms. The maximum absolute atomic E-state index is 2.40. The summed E-state index contributed by atoms with van der Waals surface area (Å²) in [6.07, 6.45) is 9.99. The zero-order valence-electron chi connectivity index (χ0n) is 17.8. The third kappa shape index (κ3) is 2.65. The Labute approximate surface area is 182 Å². The Hall–Kier alpha value is -3.78. The van der Waals surface area contributed by atoms with Crippen LogP contribution in [0.1, 0.15) is 28.9 Å². The molecule has 0 saturated carbocycles. The molecule has 2 aromatic heterocycles. The Morgan fingerprint density at radius 2 is 1.29 bits per heavy atom. The number of aromatic nitrogens is 2. The number of hydrogen-bond acceptors (Lipinski definition) is 0. The van der Waals surface area contributed by atoms with Crippen LogP contribution in [0, 0.1) is 13.8 Å². The maximum atomic E-state index is 2.40. The molecule has 6 rings (SSSR count). The standard InChI is InChI=1S/C29H24N2/c1-20-21(2)30(27-17-8-6-13-24(20)27)22-11-10-12-23(19-22)31-28-16-5-3-4-14-25(28)26-15-7-9-18-29(26)31/h4-19H,3H2,1-2H3. The van der Waals surface area contributed by atoms with Crippen LogP contribution in [0.25, 0.3) is 45.3 Å². The number of nitrogens with zero attached hydrogens (tertiary/aromatic N) is 2. The van der Waals surface area contributed by atoms with Crippen molar-refractivity contribution in [2.75, 3.05) is 0 Å².